The molecular weight excluding hydrogens is 196 g/mol. The molecule has 0 atom stereocenters. The summed E-state index contributed by atoms with van der Waals surface area (Å²) in [5, 5.41) is 0.988. The van der Waals surface area contributed by atoms with Gasteiger partial charge in [-0.3, -0.25) is 0 Å². The van der Waals surface area contributed by atoms with Crippen molar-refractivity contribution in [2.75, 3.05) is 7.11 Å². The van der Waals surface area contributed by atoms with E-state index in [0.717, 1.165) is 15.0 Å². The molecule has 0 saturated heterocycles. The fourth-order valence-corrected chi connectivity index (χ4v) is 2.58. The van der Waals surface area contributed by atoms with Gasteiger partial charge < -0.3 is 4.74 Å². The van der Waals surface area contributed by atoms with Gasteiger partial charge in [-0.15, -0.1) is 11.3 Å². The average molecular weight is 206 g/mol. The minimum absolute atomic E-state index is 0.250. The van der Waals surface area contributed by atoms with Crippen LogP contribution in [-0.2, 0) is 4.74 Å². The van der Waals surface area contributed by atoms with E-state index in [0.29, 0.717) is 5.56 Å². The fourth-order valence-electron chi connectivity index (χ4n) is 1.52. The van der Waals surface area contributed by atoms with Crippen LogP contribution in [0.2, 0.25) is 0 Å². The first-order valence-electron chi connectivity index (χ1n) is 4.30. The Bertz CT molecular complexity index is 485. The number of thiophene rings is 1. The van der Waals surface area contributed by atoms with Crippen molar-refractivity contribution in [3.63, 3.8) is 0 Å². The monoisotopic (exact) mass is 206 g/mol. The average Bonchev–Trinajstić information content (AvgIpc) is 2.53. The molecule has 1 aromatic heterocycles. The molecule has 0 N–H and O–H groups in total. The van der Waals surface area contributed by atoms with Gasteiger partial charge in [0.25, 0.3) is 0 Å². The van der Waals surface area contributed by atoms with Gasteiger partial charge in [-0.05, 0) is 13.0 Å². The van der Waals surface area contributed by atoms with Crippen molar-refractivity contribution in [3.05, 3.63) is 34.7 Å². The van der Waals surface area contributed by atoms with Crippen LogP contribution in [0.25, 0.3) is 10.1 Å². The van der Waals surface area contributed by atoms with Crippen LogP contribution in [0.5, 0.6) is 0 Å². The van der Waals surface area contributed by atoms with E-state index < -0.39 is 0 Å². The standard InChI is InChI=1S/C11H10O2S/c1-7-10(11(12)13-2)8-5-3-4-6-9(8)14-7/h3-6H,1-2H3. The predicted molar refractivity (Wildman–Crippen MR) is 57.9 cm³/mol. The number of aryl methyl sites for hydroxylation is 1. The van der Waals surface area contributed by atoms with E-state index in [4.69, 9.17) is 4.74 Å². The molecule has 0 fully saturated rings. The number of carbonyl (C=O) groups excluding carboxylic acids is 1. The first-order valence-corrected chi connectivity index (χ1v) is 5.12. The van der Waals surface area contributed by atoms with E-state index in [-0.39, 0.29) is 5.97 Å². The minimum Gasteiger partial charge on any atom is -0.465 e. The summed E-state index contributed by atoms with van der Waals surface area (Å²) < 4.78 is 5.88. The number of fused-ring (bicyclic) bond motifs is 1. The molecule has 2 rings (SSSR count). The highest BCUT2D eigenvalue weighted by Gasteiger charge is 2.15. The maximum Gasteiger partial charge on any atom is 0.339 e. The summed E-state index contributed by atoms with van der Waals surface area (Å²) in [5.74, 6) is -0.250. The first kappa shape index (κ1) is 9.21. The van der Waals surface area contributed by atoms with Crippen LogP contribution in [0.1, 0.15) is 15.2 Å². The van der Waals surface area contributed by atoms with E-state index >= 15 is 0 Å². The molecule has 0 aliphatic rings. The van der Waals surface area contributed by atoms with E-state index in [2.05, 4.69) is 0 Å². The minimum atomic E-state index is -0.250. The maximum absolute atomic E-state index is 11.5. The van der Waals surface area contributed by atoms with Crippen LogP contribution in [0.15, 0.2) is 24.3 Å². The Kier molecular flexibility index (Phi) is 2.25. The summed E-state index contributed by atoms with van der Waals surface area (Å²) in [6, 6.07) is 7.87. The van der Waals surface area contributed by atoms with E-state index in [1.807, 2.05) is 31.2 Å². The summed E-state index contributed by atoms with van der Waals surface area (Å²) in [4.78, 5) is 12.5. The van der Waals surface area contributed by atoms with Gasteiger partial charge in [0.05, 0.1) is 12.7 Å². The van der Waals surface area contributed by atoms with Crippen LogP contribution in [-0.4, -0.2) is 13.1 Å². The third-order valence-corrected chi connectivity index (χ3v) is 3.25. The normalized spacial score (nSPS) is 10.4. The van der Waals surface area contributed by atoms with Gasteiger partial charge in [0, 0.05) is 15.0 Å². The molecule has 0 radical (unpaired) electrons. The zero-order chi connectivity index (χ0) is 10.1. The lowest BCUT2D eigenvalue weighted by Crippen LogP contribution is -2.01. The Morgan fingerprint density at radius 3 is 2.79 bits per heavy atom. The van der Waals surface area contributed by atoms with Gasteiger partial charge in [-0.1, -0.05) is 18.2 Å². The molecule has 0 aliphatic carbocycles. The largest absolute Gasteiger partial charge is 0.465 e. The molecule has 0 spiro atoms. The van der Waals surface area contributed by atoms with Crippen molar-refractivity contribution in [1.29, 1.82) is 0 Å². The quantitative estimate of drug-likeness (QED) is 0.670. The summed E-state index contributed by atoms with van der Waals surface area (Å²) >= 11 is 1.62. The Morgan fingerprint density at radius 2 is 2.07 bits per heavy atom. The molecule has 14 heavy (non-hydrogen) atoms. The molecule has 2 nitrogen and oxygen atoms in total. The number of rotatable bonds is 1. The number of hydrogen-bond acceptors (Lipinski definition) is 3. The Balaban J connectivity index is 2.74. The van der Waals surface area contributed by atoms with Crippen molar-refractivity contribution < 1.29 is 9.53 Å². The molecule has 72 valence electrons. The van der Waals surface area contributed by atoms with Crippen molar-refractivity contribution in [1.82, 2.24) is 0 Å². The molecule has 0 amide bonds. The predicted octanol–water partition coefficient (Wildman–Crippen LogP) is 3.00. The highest BCUT2D eigenvalue weighted by Crippen LogP contribution is 2.30. The summed E-state index contributed by atoms with van der Waals surface area (Å²) in [6.07, 6.45) is 0. The molecule has 0 saturated carbocycles. The molecule has 1 heterocycles. The first-order chi connectivity index (χ1) is 6.74. The fraction of sp³-hybridized carbons (Fsp3) is 0.182. The smallest absolute Gasteiger partial charge is 0.339 e. The number of carbonyl (C=O) groups is 1. The molecule has 3 heteroatoms. The van der Waals surface area contributed by atoms with Crippen LogP contribution in [0.3, 0.4) is 0 Å². The zero-order valence-corrected chi connectivity index (χ0v) is 8.85. The second-order valence-corrected chi connectivity index (χ2v) is 4.28. The van der Waals surface area contributed by atoms with Gasteiger partial charge in [0.2, 0.25) is 0 Å². The van der Waals surface area contributed by atoms with Gasteiger partial charge >= 0.3 is 5.97 Å². The molecule has 1 aromatic carbocycles. The Labute approximate surface area is 86.1 Å². The van der Waals surface area contributed by atoms with Crippen molar-refractivity contribution in [2.24, 2.45) is 0 Å². The lowest BCUT2D eigenvalue weighted by atomic mass is 10.1. The van der Waals surface area contributed by atoms with Crippen molar-refractivity contribution in [2.45, 2.75) is 6.92 Å². The summed E-state index contributed by atoms with van der Waals surface area (Å²) in [5.41, 5.74) is 0.702. The zero-order valence-electron chi connectivity index (χ0n) is 8.03. The third kappa shape index (κ3) is 1.30. The second kappa shape index (κ2) is 3.42. The molecule has 0 unspecified atom stereocenters. The number of ether oxygens (including phenoxy) is 1. The molecule has 0 aliphatic heterocycles. The van der Waals surface area contributed by atoms with Gasteiger partial charge in [-0.25, -0.2) is 4.79 Å². The van der Waals surface area contributed by atoms with Crippen LogP contribution in [0.4, 0.5) is 0 Å². The van der Waals surface area contributed by atoms with Crippen LogP contribution >= 0.6 is 11.3 Å². The number of hydrogen-bond donors (Lipinski definition) is 0. The Hall–Kier alpha value is -1.35. The topological polar surface area (TPSA) is 26.3 Å². The second-order valence-electron chi connectivity index (χ2n) is 3.02. The SMILES string of the molecule is COC(=O)c1c(C)sc2ccccc12. The van der Waals surface area contributed by atoms with Gasteiger partial charge in [0.1, 0.15) is 0 Å². The van der Waals surface area contributed by atoms with Crippen LogP contribution in [0, 0.1) is 6.92 Å². The van der Waals surface area contributed by atoms with E-state index in [9.17, 15) is 4.79 Å². The highest BCUT2D eigenvalue weighted by molar-refractivity contribution is 7.19. The van der Waals surface area contributed by atoms with Crippen LogP contribution < -0.4 is 0 Å². The Morgan fingerprint density at radius 1 is 1.36 bits per heavy atom. The van der Waals surface area contributed by atoms with Crippen molar-refractivity contribution in [3.8, 4) is 0 Å². The molecular formula is C11H10O2S. The number of benzene rings is 1. The van der Waals surface area contributed by atoms with Gasteiger partial charge in [0.15, 0.2) is 0 Å². The third-order valence-electron chi connectivity index (χ3n) is 2.16. The van der Waals surface area contributed by atoms with E-state index in [1.165, 1.54) is 7.11 Å². The van der Waals surface area contributed by atoms with E-state index in [1.54, 1.807) is 11.3 Å². The maximum atomic E-state index is 11.5. The number of methoxy groups -OCH3 is 1. The summed E-state index contributed by atoms with van der Waals surface area (Å²) in [7, 11) is 1.41. The summed E-state index contributed by atoms with van der Waals surface area (Å²) in [6.45, 7) is 1.94. The van der Waals surface area contributed by atoms with Crippen molar-refractivity contribution >= 4 is 27.4 Å². The number of esters is 1. The lowest BCUT2D eigenvalue weighted by Gasteiger charge is -1.97. The van der Waals surface area contributed by atoms with Gasteiger partial charge in [-0.2, -0.15) is 0 Å². The lowest BCUT2D eigenvalue weighted by molar-refractivity contribution is 0.0603. The molecule has 2 aromatic rings. The highest BCUT2D eigenvalue weighted by atomic mass is 32.1. The molecule has 0 bridgehead atoms.